The summed E-state index contributed by atoms with van der Waals surface area (Å²) >= 11 is 9.35. The predicted octanol–water partition coefficient (Wildman–Crippen LogP) is 6.70. The number of aryl methyl sites for hydroxylation is 2. The Morgan fingerprint density at radius 1 is 0.727 bits per heavy atom. The Labute approximate surface area is 213 Å². The molecule has 8 heteroatoms. The van der Waals surface area contributed by atoms with E-state index in [0.29, 0.717) is 23.9 Å². The normalized spacial score (nSPS) is 10.7. The summed E-state index contributed by atoms with van der Waals surface area (Å²) in [7, 11) is 0. The summed E-state index contributed by atoms with van der Waals surface area (Å²) in [6, 6.07) is 23.4. The number of aromatic nitrogens is 2. The molecule has 1 N–H and O–H groups in total. The maximum atomic E-state index is 8.75. The molecule has 174 valence electrons. The Bertz CT molecular complexity index is 1130. The van der Waals surface area contributed by atoms with Gasteiger partial charge in [-0.2, -0.15) is 0 Å². The third kappa shape index (κ3) is 6.56. The number of ether oxygens (including phenoxy) is 2. The van der Waals surface area contributed by atoms with Gasteiger partial charge in [-0.1, -0.05) is 39.7 Å². The van der Waals surface area contributed by atoms with Crippen LogP contribution in [0, 0.1) is 5.41 Å². The number of halogens is 3. The van der Waals surface area contributed by atoms with E-state index in [4.69, 9.17) is 26.5 Å². The number of nitrogens with one attached hydrogen (secondary N) is 1. The van der Waals surface area contributed by atoms with Crippen LogP contribution in [0.25, 0.3) is 11.0 Å². The molecule has 1 aromatic heterocycles. The first-order chi connectivity index (χ1) is 15.6. The van der Waals surface area contributed by atoms with Gasteiger partial charge in [-0.3, -0.25) is 5.41 Å². The number of nitrogens with zero attached hydrogens (tertiary/aromatic N) is 2. The van der Waals surface area contributed by atoms with Crippen molar-refractivity contribution in [2.24, 2.45) is 0 Å². The fourth-order valence-corrected chi connectivity index (χ4v) is 4.02. The number of benzene rings is 3. The van der Waals surface area contributed by atoms with Crippen LogP contribution in [0.15, 0.2) is 77.3 Å². The molecule has 0 aliphatic heterocycles. The fraction of sp³-hybridized carbons (Fsp3) is 0.240. The highest BCUT2D eigenvalue weighted by Crippen LogP contribution is 2.18. The Morgan fingerprint density at radius 2 is 1.18 bits per heavy atom. The van der Waals surface area contributed by atoms with Crippen LogP contribution in [0.4, 0.5) is 0 Å². The molecule has 0 radical (unpaired) electrons. The van der Waals surface area contributed by atoms with Crippen molar-refractivity contribution in [3.8, 4) is 11.5 Å². The summed E-state index contributed by atoms with van der Waals surface area (Å²) in [5, 5.41) is 9.44. The minimum atomic E-state index is 0. The molecule has 0 fully saturated rings. The molecule has 0 saturated heterocycles. The summed E-state index contributed by atoms with van der Waals surface area (Å²) in [6.07, 6.45) is 1.63. The number of para-hydroxylation sites is 2. The van der Waals surface area contributed by atoms with Crippen LogP contribution in [0.2, 0.25) is 5.02 Å². The van der Waals surface area contributed by atoms with E-state index in [1.807, 2.05) is 60.7 Å². The van der Waals surface area contributed by atoms with Crippen LogP contribution in [0.5, 0.6) is 11.5 Å². The molecule has 0 amide bonds. The van der Waals surface area contributed by atoms with Gasteiger partial charge in [0.25, 0.3) is 0 Å². The van der Waals surface area contributed by atoms with E-state index in [2.05, 4.69) is 37.2 Å². The molecule has 0 aliphatic carbocycles. The standard InChI is InChI=1S/C25H25BrClN3O2.ClH/c26-19-7-11-21(12-8-19)31-17-3-15-29-23-5-1-2-6-24(23)30(25(29)28)16-4-18-32-22-13-9-20(27)10-14-22;/h1-2,5-14,28H,3-4,15-18H2;1H. The lowest BCUT2D eigenvalue weighted by molar-refractivity contribution is 0.297. The number of hydrogen-bond donors (Lipinski definition) is 1. The molecule has 33 heavy (non-hydrogen) atoms. The SMILES string of the molecule is Cl.N=c1n(CCCOc2ccc(Cl)cc2)c2ccccc2n1CCCOc1ccc(Br)cc1. The van der Waals surface area contributed by atoms with Gasteiger partial charge < -0.3 is 18.6 Å². The van der Waals surface area contributed by atoms with Crippen LogP contribution >= 0.6 is 39.9 Å². The third-order valence-corrected chi connectivity index (χ3v) is 5.97. The summed E-state index contributed by atoms with van der Waals surface area (Å²) < 4.78 is 16.8. The Kier molecular flexibility index (Phi) is 9.30. The molecule has 0 bridgehead atoms. The smallest absolute Gasteiger partial charge is 0.202 e. The van der Waals surface area contributed by atoms with Gasteiger partial charge in [0.05, 0.1) is 24.2 Å². The lowest BCUT2D eigenvalue weighted by Crippen LogP contribution is -2.26. The lowest BCUT2D eigenvalue weighted by Gasteiger charge is -2.08. The predicted molar refractivity (Wildman–Crippen MR) is 139 cm³/mol. The second kappa shape index (κ2) is 12.2. The highest BCUT2D eigenvalue weighted by Gasteiger charge is 2.10. The summed E-state index contributed by atoms with van der Waals surface area (Å²) in [5.41, 5.74) is 2.64. The van der Waals surface area contributed by atoms with Crippen LogP contribution < -0.4 is 15.1 Å². The zero-order valence-corrected chi connectivity index (χ0v) is 21.2. The molecule has 5 nitrogen and oxygen atoms in total. The molecular formula is C25H26BrCl2N3O2. The van der Waals surface area contributed by atoms with Crippen LogP contribution in [0.3, 0.4) is 0 Å². The largest absolute Gasteiger partial charge is 0.494 e. The third-order valence-electron chi connectivity index (χ3n) is 5.19. The van der Waals surface area contributed by atoms with Crippen molar-refractivity contribution in [3.63, 3.8) is 0 Å². The molecule has 1 heterocycles. The van der Waals surface area contributed by atoms with Gasteiger partial charge in [0.2, 0.25) is 5.62 Å². The van der Waals surface area contributed by atoms with Gasteiger partial charge in [-0.15, -0.1) is 12.4 Å². The number of fused-ring (bicyclic) bond motifs is 1. The Balaban J connectivity index is 0.00000306. The quantitative estimate of drug-likeness (QED) is 0.223. The lowest BCUT2D eigenvalue weighted by atomic mass is 10.3. The Morgan fingerprint density at radius 3 is 1.67 bits per heavy atom. The van der Waals surface area contributed by atoms with E-state index in [-0.39, 0.29) is 12.4 Å². The molecule has 0 spiro atoms. The first-order valence-electron chi connectivity index (χ1n) is 10.6. The summed E-state index contributed by atoms with van der Waals surface area (Å²) in [4.78, 5) is 0. The number of rotatable bonds is 10. The molecular weight excluding hydrogens is 525 g/mol. The van der Waals surface area contributed by atoms with E-state index >= 15 is 0 Å². The van der Waals surface area contributed by atoms with E-state index in [0.717, 1.165) is 52.9 Å². The maximum absolute atomic E-state index is 8.75. The zero-order valence-electron chi connectivity index (χ0n) is 18.0. The second-order valence-corrected chi connectivity index (χ2v) is 8.78. The Hall–Kier alpha value is -2.41. The average molecular weight is 551 g/mol. The summed E-state index contributed by atoms with van der Waals surface area (Å²) in [6.45, 7) is 2.62. The molecule has 0 atom stereocenters. The zero-order chi connectivity index (χ0) is 22.3. The number of imidazole rings is 1. The minimum absolute atomic E-state index is 0. The first-order valence-corrected chi connectivity index (χ1v) is 11.8. The monoisotopic (exact) mass is 549 g/mol. The van der Waals surface area contributed by atoms with Crippen molar-refractivity contribution in [3.05, 3.63) is 87.9 Å². The van der Waals surface area contributed by atoms with Gasteiger partial charge in [0.1, 0.15) is 11.5 Å². The average Bonchev–Trinajstić information content (AvgIpc) is 3.07. The second-order valence-electron chi connectivity index (χ2n) is 7.43. The van der Waals surface area contributed by atoms with Gasteiger partial charge in [0, 0.05) is 22.6 Å². The van der Waals surface area contributed by atoms with Gasteiger partial charge in [-0.25, -0.2) is 0 Å². The van der Waals surface area contributed by atoms with Crippen molar-refractivity contribution in [2.45, 2.75) is 25.9 Å². The van der Waals surface area contributed by atoms with Gasteiger partial charge in [-0.05, 0) is 73.5 Å². The van der Waals surface area contributed by atoms with E-state index in [9.17, 15) is 0 Å². The van der Waals surface area contributed by atoms with Crippen molar-refractivity contribution < 1.29 is 9.47 Å². The first kappa shape index (κ1) is 25.2. The topological polar surface area (TPSA) is 52.2 Å². The van der Waals surface area contributed by atoms with Crippen LogP contribution in [-0.4, -0.2) is 22.3 Å². The highest BCUT2D eigenvalue weighted by atomic mass is 79.9. The fourth-order valence-electron chi connectivity index (χ4n) is 3.63. The maximum Gasteiger partial charge on any atom is 0.202 e. The molecule has 0 saturated carbocycles. The minimum Gasteiger partial charge on any atom is -0.494 e. The molecule has 4 rings (SSSR count). The van der Waals surface area contributed by atoms with Crippen molar-refractivity contribution >= 4 is 51.0 Å². The van der Waals surface area contributed by atoms with E-state index < -0.39 is 0 Å². The molecule has 0 unspecified atom stereocenters. The molecule has 0 aliphatic rings. The van der Waals surface area contributed by atoms with Gasteiger partial charge >= 0.3 is 0 Å². The highest BCUT2D eigenvalue weighted by molar-refractivity contribution is 9.10. The molecule has 3 aromatic carbocycles. The van der Waals surface area contributed by atoms with Crippen molar-refractivity contribution in [1.82, 2.24) is 9.13 Å². The van der Waals surface area contributed by atoms with Crippen LogP contribution in [0.1, 0.15) is 12.8 Å². The van der Waals surface area contributed by atoms with Crippen LogP contribution in [-0.2, 0) is 13.1 Å². The van der Waals surface area contributed by atoms with Gasteiger partial charge in [0.15, 0.2) is 0 Å². The summed E-state index contributed by atoms with van der Waals surface area (Å²) in [5.74, 6) is 1.66. The number of hydrogen-bond acceptors (Lipinski definition) is 3. The van der Waals surface area contributed by atoms with Crippen molar-refractivity contribution in [2.75, 3.05) is 13.2 Å². The van der Waals surface area contributed by atoms with E-state index in [1.54, 1.807) is 0 Å². The molecule has 4 aromatic rings. The van der Waals surface area contributed by atoms with Crippen molar-refractivity contribution in [1.29, 1.82) is 5.41 Å². The van der Waals surface area contributed by atoms with E-state index in [1.165, 1.54) is 0 Å².